The summed E-state index contributed by atoms with van der Waals surface area (Å²) in [6.07, 6.45) is 0. The Kier molecular flexibility index (Phi) is 4.96. The second-order valence-electron chi connectivity index (χ2n) is 3.26. The normalized spacial score (nSPS) is 11.9. The molecule has 0 saturated heterocycles. The van der Waals surface area contributed by atoms with Crippen LogP contribution in [-0.4, -0.2) is 20.3 Å². The van der Waals surface area contributed by atoms with E-state index < -0.39 is 0 Å². The number of ether oxygens (including phenoxy) is 1. The third-order valence-corrected chi connectivity index (χ3v) is 2.05. The number of hydrogen-bond acceptors (Lipinski definition) is 3. The maximum atomic E-state index is 5.54. The highest BCUT2D eigenvalue weighted by Gasteiger charge is 2.13. The monoisotopic (exact) mass is 207 g/mol. The van der Waals surface area contributed by atoms with Gasteiger partial charge >= 0.3 is 0 Å². The highest BCUT2D eigenvalue weighted by Crippen LogP contribution is 2.16. The highest BCUT2D eigenvalue weighted by atomic mass is 16.5. The number of methoxy groups -OCH3 is 1. The third kappa shape index (κ3) is 3.78. The SMILES string of the molecule is CC#CCNC(COC)c1ccc(C)o1. The molecule has 0 spiro atoms. The quantitative estimate of drug-likeness (QED) is 0.749. The van der Waals surface area contributed by atoms with Crippen molar-refractivity contribution in [1.82, 2.24) is 5.32 Å². The first-order chi connectivity index (χ1) is 7.27. The summed E-state index contributed by atoms with van der Waals surface area (Å²) in [5.41, 5.74) is 0. The Labute approximate surface area is 90.8 Å². The van der Waals surface area contributed by atoms with Gasteiger partial charge in [-0.25, -0.2) is 0 Å². The van der Waals surface area contributed by atoms with E-state index in [9.17, 15) is 0 Å². The minimum absolute atomic E-state index is 0.0737. The largest absolute Gasteiger partial charge is 0.465 e. The summed E-state index contributed by atoms with van der Waals surface area (Å²) >= 11 is 0. The van der Waals surface area contributed by atoms with Crippen LogP contribution in [0.5, 0.6) is 0 Å². The third-order valence-electron chi connectivity index (χ3n) is 2.05. The maximum Gasteiger partial charge on any atom is 0.123 e. The van der Waals surface area contributed by atoms with E-state index in [-0.39, 0.29) is 6.04 Å². The van der Waals surface area contributed by atoms with Crippen molar-refractivity contribution in [3.05, 3.63) is 23.7 Å². The summed E-state index contributed by atoms with van der Waals surface area (Å²) in [6.45, 7) is 4.98. The van der Waals surface area contributed by atoms with Gasteiger partial charge < -0.3 is 9.15 Å². The van der Waals surface area contributed by atoms with Crippen LogP contribution in [0.15, 0.2) is 16.5 Å². The van der Waals surface area contributed by atoms with Crippen LogP contribution in [-0.2, 0) is 4.74 Å². The van der Waals surface area contributed by atoms with Crippen LogP contribution in [0.2, 0.25) is 0 Å². The summed E-state index contributed by atoms with van der Waals surface area (Å²) in [5.74, 6) is 7.60. The number of rotatable bonds is 5. The lowest BCUT2D eigenvalue weighted by molar-refractivity contribution is 0.159. The van der Waals surface area contributed by atoms with Crippen LogP contribution in [0.25, 0.3) is 0 Å². The molecule has 3 heteroatoms. The molecule has 0 aliphatic rings. The van der Waals surface area contributed by atoms with Gasteiger partial charge in [-0.05, 0) is 26.0 Å². The zero-order chi connectivity index (χ0) is 11.1. The Morgan fingerprint density at radius 3 is 2.87 bits per heavy atom. The van der Waals surface area contributed by atoms with E-state index in [2.05, 4.69) is 17.2 Å². The molecule has 1 N–H and O–H groups in total. The summed E-state index contributed by atoms with van der Waals surface area (Å²) in [4.78, 5) is 0. The van der Waals surface area contributed by atoms with Crippen LogP contribution in [0.4, 0.5) is 0 Å². The molecule has 1 heterocycles. The van der Waals surface area contributed by atoms with Gasteiger partial charge in [0.1, 0.15) is 11.5 Å². The molecule has 0 aliphatic carbocycles. The van der Waals surface area contributed by atoms with Gasteiger partial charge in [0.05, 0.1) is 19.2 Å². The van der Waals surface area contributed by atoms with Crippen LogP contribution >= 0.6 is 0 Å². The smallest absolute Gasteiger partial charge is 0.123 e. The number of hydrogen-bond donors (Lipinski definition) is 1. The van der Waals surface area contributed by atoms with Gasteiger partial charge in [-0.3, -0.25) is 5.32 Å². The standard InChI is InChI=1S/C12H17NO2/c1-4-5-8-13-11(9-14-3)12-7-6-10(2)15-12/h6-7,11,13H,8-9H2,1-3H3. The molecule has 0 aromatic carbocycles. The molecule has 1 atom stereocenters. The molecule has 0 bridgehead atoms. The molecule has 15 heavy (non-hydrogen) atoms. The summed E-state index contributed by atoms with van der Waals surface area (Å²) in [7, 11) is 1.68. The van der Waals surface area contributed by atoms with E-state index in [0.29, 0.717) is 13.2 Å². The van der Waals surface area contributed by atoms with Crippen LogP contribution in [0.3, 0.4) is 0 Å². The van der Waals surface area contributed by atoms with Crippen molar-refractivity contribution in [3.63, 3.8) is 0 Å². The molecule has 1 unspecified atom stereocenters. The first-order valence-electron chi connectivity index (χ1n) is 4.96. The summed E-state index contributed by atoms with van der Waals surface area (Å²) in [5, 5.41) is 3.26. The lowest BCUT2D eigenvalue weighted by Crippen LogP contribution is -2.25. The molecule has 82 valence electrons. The average molecular weight is 207 g/mol. The van der Waals surface area contributed by atoms with Crippen LogP contribution in [0.1, 0.15) is 24.5 Å². The fraction of sp³-hybridized carbons (Fsp3) is 0.500. The fourth-order valence-corrected chi connectivity index (χ4v) is 1.31. The Bertz CT molecular complexity index is 346. The molecule has 0 saturated carbocycles. The zero-order valence-corrected chi connectivity index (χ0v) is 9.46. The van der Waals surface area contributed by atoms with Crippen molar-refractivity contribution in [3.8, 4) is 11.8 Å². The highest BCUT2D eigenvalue weighted by molar-refractivity contribution is 5.10. The van der Waals surface area contributed by atoms with Crippen molar-refractivity contribution in [2.45, 2.75) is 19.9 Å². The van der Waals surface area contributed by atoms with Crippen molar-refractivity contribution in [2.75, 3.05) is 20.3 Å². The van der Waals surface area contributed by atoms with Gasteiger partial charge in [0.15, 0.2) is 0 Å². The van der Waals surface area contributed by atoms with Crippen molar-refractivity contribution in [1.29, 1.82) is 0 Å². The second kappa shape index (κ2) is 6.28. The molecule has 1 rings (SSSR count). The molecule has 0 fully saturated rings. The number of nitrogens with one attached hydrogen (secondary N) is 1. The van der Waals surface area contributed by atoms with E-state index in [1.54, 1.807) is 7.11 Å². The van der Waals surface area contributed by atoms with E-state index in [1.165, 1.54) is 0 Å². The summed E-state index contributed by atoms with van der Waals surface area (Å²) in [6, 6.07) is 3.99. The minimum atomic E-state index is 0.0737. The minimum Gasteiger partial charge on any atom is -0.465 e. The van der Waals surface area contributed by atoms with Gasteiger partial charge in [-0.2, -0.15) is 0 Å². The van der Waals surface area contributed by atoms with Gasteiger partial charge in [0.25, 0.3) is 0 Å². The number of aryl methyl sites for hydroxylation is 1. The molecular weight excluding hydrogens is 190 g/mol. The Balaban J connectivity index is 2.59. The van der Waals surface area contributed by atoms with Crippen molar-refractivity contribution < 1.29 is 9.15 Å². The Hall–Kier alpha value is -1.24. The van der Waals surface area contributed by atoms with Crippen LogP contribution in [0, 0.1) is 18.8 Å². The lowest BCUT2D eigenvalue weighted by Gasteiger charge is -2.13. The van der Waals surface area contributed by atoms with Gasteiger partial charge in [-0.15, -0.1) is 5.92 Å². The Morgan fingerprint density at radius 2 is 2.33 bits per heavy atom. The van der Waals surface area contributed by atoms with Crippen molar-refractivity contribution in [2.24, 2.45) is 0 Å². The summed E-state index contributed by atoms with van der Waals surface area (Å²) < 4.78 is 10.7. The molecular formula is C12H17NO2. The lowest BCUT2D eigenvalue weighted by atomic mass is 10.2. The molecule has 3 nitrogen and oxygen atoms in total. The number of furan rings is 1. The van der Waals surface area contributed by atoms with Gasteiger partial charge in [-0.1, -0.05) is 5.92 Å². The topological polar surface area (TPSA) is 34.4 Å². The van der Waals surface area contributed by atoms with Crippen molar-refractivity contribution >= 4 is 0 Å². The van der Waals surface area contributed by atoms with E-state index in [1.807, 2.05) is 26.0 Å². The molecule has 0 radical (unpaired) electrons. The maximum absolute atomic E-state index is 5.54. The van der Waals surface area contributed by atoms with Gasteiger partial charge in [0.2, 0.25) is 0 Å². The molecule has 0 aliphatic heterocycles. The van der Waals surface area contributed by atoms with E-state index >= 15 is 0 Å². The van der Waals surface area contributed by atoms with E-state index in [4.69, 9.17) is 9.15 Å². The van der Waals surface area contributed by atoms with E-state index in [0.717, 1.165) is 11.5 Å². The Morgan fingerprint density at radius 1 is 1.53 bits per heavy atom. The first-order valence-corrected chi connectivity index (χ1v) is 4.96. The molecule has 0 amide bonds. The average Bonchev–Trinajstić information content (AvgIpc) is 2.64. The zero-order valence-electron chi connectivity index (χ0n) is 9.46. The predicted molar refractivity (Wildman–Crippen MR) is 59.5 cm³/mol. The van der Waals surface area contributed by atoms with Gasteiger partial charge in [0, 0.05) is 7.11 Å². The molecule has 1 aromatic rings. The second-order valence-corrected chi connectivity index (χ2v) is 3.26. The first kappa shape index (κ1) is 11.8. The fourth-order valence-electron chi connectivity index (χ4n) is 1.31. The molecule has 1 aromatic heterocycles. The van der Waals surface area contributed by atoms with Crippen LogP contribution < -0.4 is 5.32 Å². The predicted octanol–water partition coefficient (Wildman–Crippen LogP) is 1.89.